The number of rotatable bonds is 5. The van der Waals surface area contributed by atoms with Gasteiger partial charge in [-0.15, -0.1) is 11.8 Å². The Kier molecular flexibility index (Phi) is 5.49. The van der Waals surface area contributed by atoms with E-state index < -0.39 is 17.8 Å². The van der Waals surface area contributed by atoms with Crippen LogP contribution in [0, 0.1) is 0 Å². The predicted octanol–water partition coefficient (Wildman–Crippen LogP) is 3.84. The molecule has 1 aromatic heterocycles. The van der Waals surface area contributed by atoms with Crippen LogP contribution in [-0.2, 0) is 11.0 Å². The highest BCUT2D eigenvalue weighted by Gasteiger charge is 2.32. The molecule has 8 heteroatoms. The Morgan fingerprint density at radius 3 is 2.57 bits per heavy atom. The Labute approximate surface area is 135 Å². The maximum Gasteiger partial charge on any atom is 0.433 e. The number of ether oxygens (including phenoxy) is 1. The van der Waals surface area contributed by atoms with Crippen molar-refractivity contribution in [3.63, 3.8) is 0 Å². The maximum absolute atomic E-state index is 12.5. The number of hydrogen-bond acceptors (Lipinski definition) is 4. The summed E-state index contributed by atoms with van der Waals surface area (Å²) < 4.78 is 42.9. The highest BCUT2D eigenvalue weighted by molar-refractivity contribution is 7.98. The largest absolute Gasteiger partial charge is 0.484 e. The van der Waals surface area contributed by atoms with Gasteiger partial charge in [-0.25, -0.2) is 0 Å². The van der Waals surface area contributed by atoms with Gasteiger partial charge in [-0.1, -0.05) is 0 Å². The molecule has 0 saturated heterocycles. The lowest BCUT2D eigenvalue weighted by Gasteiger charge is -2.10. The fraction of sp³-hybridized carbons (Fsp3) is 0.200. The van der Waals surface area contributed by atoms with Gasteiger partial charge in [0.15, 0.2) is 6.61 Å². The van der Waals surface area contributed by atoms with Crippen LogP contribution in [0.4, 0.5) is 18.9 Å². The number of amides is 1. The van der Waals surface area contributed by atoms with E-state index in [4.69, 9.17) is 4.74 Å². The van der Waals surface area contributed by atoms with Gasteiger partial charge < -0.3 is 10.1 Å². The van der Waals surface area contributed by atoms with Gasteiger partial charge in [0.25, 0.3) is 5.91 Å². The minimum atomic E-state index is -4.56. The molecule has 0 bridgehead atoms. The number of carbonyl (C=O) groups is 1. The molecule has 4 nitrogen and oxygen atoms in total. The summed E-state index contributed by atoms with van der Waals surface area (Å²) in [6, 6.07) is 9.17. The number of aromatic nitrogens is 1. The van der Waals surface area contributed by atoms with Gasteiger partial charge in [-0.2, -0.15) is 13.2 Å². The van der Waals surface area contributed by atoms with Crippen molar-refractivity contribution in [1.82, 2.24) is 4.98 Å². The molecule has 1 heterocycles. The quantitative estimate of drug-likeness (QED) is 0.839. The van der Waals surface area contributed by atoms with Crippen LogP contribution in [0.1, 0.15) is 5.69 Å². The summed E-state index contributed by atoms with van der Waals surface area (Å²) in [5.74, 6) is -0.0538. The molecule has 2 aromatic rings. The topological polar surface area (TPSA) is 51.2 Å². The summed E-state index contributed by atoms with van der Waals surface area (Å²) in [5.41, 5.74) is -1.05. The summed E-state index contributed by atoms with van der Waals surface area (Å²) in [6.45, 7) is -0.303. The number of anilines is 1. The van der Waals surface area contributed by atoms with Crippen LogP contribution >= 0.6 is 11.8 Å². The number of halogens is 3. The first-order chi connectivity index (χ1) is 10.9. The fourth-order valence-corrected chi connectivity index (χ4v) is 2.09. The Morgan fingerprint density at radius 1 is 1.26 bits per heavy atom. The summed E-state index contributed by atoms with van der Waals surface area (Å²) in [7, 11) is 0. The van der Waals surface area contributed by atoms with E-state index in [9.17, 15) is 18.0 Å². The number of pyridine rings is 1. The summed E-state index contributed by atoms with van der Waals surface area (Å²) in [4.78, 5) is 16.0. The summed E-state index contributed by atoms with van der Waals surface area (Å²) in [6.07, 6.45) is -1.63. The smallest absolute Gasteiger partial charge is 0.433 e. The number of nitrogens with zero attached hydrogens (tertiary/aromatic N) is 1. The van der Waals surface area contributed by atoms with Crippen molar-refractivity contribution in [3.05, 3.63) is 48.3 Å². The molecule has 0 aliphatic heterocycles. The Bertz CT molecular complexity index is 675. The van der Waals surface area contributed by atoms with E-state index in [2.05, 4.69) is 10.3 Å². The molecule has 23 heavy (non-hydrogen) atoms. The number of nitrogens with one attached hydrogen (secondary N) is 1. The lowest BCUT2D eigenvalue weighted by Crippen LogP contribution is -2.20. The number of thioether (sulfide) groups is 1. The van der Waals surface area contributed by atoms with Gasteiger partial charge in [-0.3, -0.25) is 9.78 Å². The van der Waals surface area contributed by atoms with Crippen molar-refractivity contribution in [3.8, 4) is 5.75 Å². The molecule has 1 amide bonds. The number of carbonyl (C=O) groups excluding carboxylic acids is 1. The van der Waals surface area contributed by atoms with Gasteiger partial charge >= 0.3 is 6.18 Å². The molecule has 122 valence electrons. The van der Waals surface area contributed by atoms with Crippen LogP contribution in [0.15, 0.2) is 47.5 Å². The zero-order chi connectivity index (χ0) is 16.9. The van der Waals surface area contributed by atoms with Crippen LogP contribution in [0.3, 0.4) is 0 Å². The molecule has 0 aliphatic carbocycles. The maximum atomic E-state index is 12.5. The summed E-state index contributed by atoms with van der Waals surface area (Å²) >= 11 is 1.57. The van der Waals surface area contributed by atoms with Gasteiger partial charge in [0.05, 0.1) is 0 Å². The number of benzene rings is 1. The first kappa shape index (κ1) is 17.1. The van der Waals surface area contributed by atoms with Gasteiger partial charge in [0, 0.05) is 16.8 Å². The van der Waals surface area contributed by atoms with Gasteiger partial charge in [0.2, 0.25) is 0 Å². The zero-order valence-electron chi connectivity index (χ0n) is 12.1. The second-order valence-electron chi connectivity index (χ2n) is 4.44. The van der Waals surface area contributed by atoms with E-state index in [-0.39, 0.29) is 12.3 Å². The van der Waals surface area contributed by atoms with E-state index in [1.165, 1.54) is 6.07 Å². The lowest BCUT2D eigenvalue weighted by molar-refractivity contribution is -0.141. The molecule has 0 spiro atoms. The second-order valence-corrected chi connectivity index (χ2v) is 5.32. The summed E-state index contributed by atoms with van der Waals surface area (Å²) in [5, 5.41) is 2.34. The van der Waals surface area contributed by atoms with E-state index in [1.807, 2.05) is 18.4 Å². The molecule has 0 radical (unpaired) electrons. The van der Waals surface area contributed by atoms with E-state index in [1.54, 1.807) is 23.9 Å². The molecular weight excluding hydrogens is 329 g/mol. The van der Waals surface area contributed by atoms with Crippen LogP contribution in [0.25, 0.3) is 0 Å². The average molecular weight is 342 g/mol. The Hall–Kier alpha value is -2.22. The monoisotopic (exact) mass is 342 g/mol. The minimum Gasteiger partial charge on any atom is -0.484 e. The van der Waals surface area contributed by atoms with Gasteiger partial charge in [0.1, 0.15) is 11.4 Å². The fourth-order valence-electron chi connectivity index (χ4n) is 1.68. The van der Waals surface area contributed by atoms with E-state index in [0.29, 0.717) is 5.75 Å². The first-order valence-electron chi connectivity index (χ1n) is 6.48. The van der Waals surface area contributed by atoms with Crippen molar-refractivity contribution in [2.45, 2.75) is 11.1 Å². The third-order valence-corrected chi connectivity index (χ3v) is 3.51. The van der Waals surface area contributed by atoms with Crippen LogP contribution < -0.4 is 10.1 Å². The predicted molar refractivity (Wildman–Crippen MR) is 81.6 cm³/mol. The van der Waals surface area contributed by atoms with E-state index >= 15 is 0 Å². The van der Waals surface area contributed by atoms with Crippen molar-refractivity contribution < 1.29 is 22.7 Å². The number of hydrogen-bond donors (Lipinski definition) is 1. The standard InChI is InChI=1S/C15H13F3N2O2S/c1-23-12-4-2-11(3-5-12)22-9-14(21)20-10-6-7-19-13(8-10)15(16,17)18/h2-8H,9H2,1H3,(H,19,20,21). The van der Waals surface area contributed by atoms with Crippen LogP contribution in [0.5, 0.6) is 5.75 Å². The minimum absolute atomic E-state index is 0.0126. The highest BCUT2D eigenvalue weighted by atomic mass is 32.2. The normalized spacial score (nSPS) is 11.1. The Morgan fingerprint density at radius 2 is 1.96 bits per heavy atom. The average Bonchev–Trinajstić information content (AvgIpc) is 2.53. The van der Waals surface area contributed by atoms with Crippen molar-refractivity contribution in [2.75, 3.05) is 18.2 Å². The first-order valence-corrected chi connectivity index (χ1v) is 7.71. The molecule has 0 atom stereocenters. The van der Waals surface area contributed by atoms with Crippen molar-refractivity contribution >= 4 is 23.4 Å². The number of alkyl halides is 3. The lowest BCUT2D eigenvalue weighted by atomic mass is 10.3. The third kappa shape index (κ3) is 5.17. The molecule has 0 saturated carbocycles. The second kappa shape index (κ2) is 7.36. The van der Waals surface area contributed by atoms with Crippen molar-refractivity contribution in [1.29, 1.82) is 0 Å². The molecule has 0 aliphatic rings. The van der Waals surface area contributed by atoms with Crippen molar-refractivity contribution in [2.24, 2.45) is 0 Å². The molecule has 0 fully saturated rings. The van der Waals surface area contributed by atoms with Crippen LogP contribution in [-0.4, -0.2) is 23.8 Å². The van der Waals surface area contributed by atoms with Gasteiger partial charge in [-0.05, 0) is 42.7 Å². The third-order valence-electron chi connectivity index (χ3n) is 2.76. The molecule has 1 aromatic carbocycles. The Balaban J connectivity index is 1.91. The molecule has 0 unspecified atom stereocenters. The van der Waals surface area contributed by atoms with E-state index in [0.717, 1.165) is 17.2 Å². The molecule has 1 N–H and O–H groups in total. The van der Waals surface area contributed by atoms with Crippen LogP contribution in [0.2, 0.25) is 0 Å². The zero-order valence-corrected chi connectivity index (χ0v) is 12.9. The molecular formula is C15H13F3N2O2S. The molecule has 2 rings (SSSR count). The highest BCUT2D eigenvalue weighted by Crippen LogP contribution is 2.28. The SMILES string of the molecule is CSc1ccc(OCC(=O)Nc2ccnc(C(F)(F)F)c2)cc1.